The Kier molecular flexibility index (Phi) is 4.79. The largest absolute Gasteiger partial charge is 0.496 e. The summed E-state index contributed by atoms with van der Waals surface area (Å²) in [7, 11) is 1.64. The molecule has 104 valence electrons. The first-order chi connectivity index (χ1) is 9.58. The van der Waals surface area contributed by atoms with E-state index in [0.29, 0.717) is 6.42 Å². The van der Waals surface area contributed by atoms with Crippen LogP contribution in [-0.4, -0.2) is 13.0 Å². The Morgan fingerprint density at radius 3 is 2.50 bits per heavy atom. The van der Waals surface area contributed by atoms with E-state index in [1.807, 2.05) is 49.4 Å². The van der Waals surface area contributed by atoms with E-state index in [2.05, 4.69) is 21.2 Å². The fraction of sp³-hybridized carbons (Fsp3) is 0.188. The summed E-state index contributed by atoms with van der Waals surface area (Å²) in [5.74, 6) is 0.805. The summed E-state index contributed by atoms with van der Waals surface area (Å²) in [6.45, 7) is 1.97. The van der Waals surface area contributed by atoms with Crippen LogP contribution in [0.5, 0.6) is 5.75 Å². The molecule has 0 aliphatic carbocycles. The van der Waals surface area contributed by atoms with Crippen LogP contribution in [-0.2, 0) is 11.2 Å². The predicted molar refractivity (Wildman–Crippen MR) is 84.2 cm³/mol. The minimum Gasteiger partial charge on any atom is -0.496 e. The van der Waals surface area contributed by atoms with Gasteiger partial charge in [0.05, 0.1) is 13.5 Å². The van der Waals surface area contributed by atoms with E-state index in [9.17, 15) is 4.79 Å². The highest BCUT2D eigenvalue weighted by Gasteiger charge is 2.06. The molecule has 0 aromatic heterocycles. The molecule has 4 heteroatoms. The SMILES string of the molecule is COc1ccc(CC(=O)Nc2ccc(Br)cc2)cc1C. The molecule has 0 radical (unpaired) electrons. The van der Waals surface area contributed by atoms with Gasteiger partial charge in [-0.25, -0.2) is 0 Å². The van der Waals surface area contributed by atoms with Crippen molar-refractivity contribution in [3.63, 3.8) is 0 Å². The summed E-state index contributed by atoms with van der Waals surface area (Å²) in [4.78, 5) is 12.0. The van der Waals surface area contributed by atoms with Crippen LogP contribution in [0.25, 0.3) is 0 Å². The normalized spacial score (nSPS) is 10.2. The van der Waals surface area contributed by atoms with Crippen LogP contribution in [0.2, 0.25) is 0 Å². The van der Waals surface area contributed by atoms with Gasteiger partial charge in [-0.1, -0.05) is 28.1 Å². The molecule has 3 nitrogen and oxygen atoms in total. The van der Waals surface area contributed by atoms with E-state index >= 15 is 0 Å². The van der Waals surface area contributed by atoms with E-state index in [4.69, 9.17) is 4.74 Å². The second-order valence-electron chi connectivity index (χ2n) is 4.54. The quantitative estimate of drug-likeness (QED) is 0.919. The van der Waals surface area contributed by atoms with Crippen LogP contribution in [0, 0.1) is 6.92 Å². The number of carbonyl (C=O) groups is 1. The monoisotopic (exact) mass is 333 g/mol. The summed E-state index contributed by atoms with van der Waals surface area (Å²) >= 11 is 3.36. The Labute approximate surface area is 127 Å². The molecule has 20 heavy (non-hydrogen) atoms. The number of benzene rings is 2. The molecule has 0 fully saturated rings. The molecule has 1 N–H and O–H groups in total. The molecule has 0 saturated carbocycles. The van der Waals surface area contributed by atoms with Gasteiger partial charge in [0.15, 0.2) is 0 Å². The number of amides is 1. The van der Waals surface area contributed by atoms with Crippen LogP contribution in [0.1, 0.15) is 11.1 Å². The first-order valence-corrected chi connectivity index (χ1v) is 7.06. The summed E-state index contributed by atoms with van der Waals surface area (Å²) in [5, 5.41) is 2.87. The van der Waals surface area contributed by atoms with E-state index in [1.54, 1.807) is 7.11 Å². The molecule has 0 bridgehead atoms. The van der Waals surface area contributed by atoms with Crippen molar-refractivity contribution in [1.82, 2.24) is 0 Å². The third-order valence-electron chi connectivity index (χ3n) is 2.95. The van der Waals surface area contributed by atoms with Crippen molar-refractivity contribution in [2.75, 3.05) is 12.4 Å². The maximum Gasteiger partial charge on any atom is 0.228 e. The number of anilines is 1. The van der Waals surface area contributed by atoms with Crippen molar-refractivity contribution in [2.24, 2.45) is 0 Å². The number of hydrogen-bond donors (Lipinski definition) is 1. The molecular weight excluding hydrogens is 318 g/mol. The molecule has 0 heterocycles. The summed E-state index contributed by atoms with van der Waals surface area (Å²) in [5.41, 5.74) is 2.79. The lowest BCUT2D eigenvalue weighted by Gasteiger charge is -2.08. The Hall–Kier alpha value is -1.81. The summed E-state index contributed by atoms with van der Waals surface area (Å²) in [6.07, 6.45) is 0.348. The highest BCUT2D eigenvalue weighted by atomic mass is 79.9. The molecular formula is C16H16BrNO2. The topological polar surface area (TPSA) is 38.3 Å². The zero-order valence-corrected chi connectivity index (χ0v) is 13.0. The third-order valence-corrected chi connectivity index (χ3v) is 3.48. The summed E-state index contributed by atoms with van der Waals surface area (Å²) in [6, 6.07) is 13.3. The average molecular weight is 334 g/mol. The number of carbonyl (C=O) groups excluding carboxylic acids is 1. The maximum atomic E-state index is 12.0. The fourth-order valence-electron chi connectivity index (χ4n) is 1.97. The van der Waals surface area contributed by atoms with Gasteiger partial charge in [-0.05, 0) is 48.4 Å². The van der Waals surface area contributed by atoms with Crippen LogP contribution in [0.4, 0.5) is 5.69 Å². The Balaban J connectivity index is 2.01. The molecule has 0 aliphatic rings. The van der Waals surface area contributed by atoms with Crippen LogP contribution in [0.3, 0.4) is 0 Å². The van der Waals surface area contributed by atoms with Crippen LogP contribution < -0.4 is 10.1 Å². The number of aryl methyl sites for hydroxylation is 1. The lowest BCUT2D eigenvalue weighted by molar-refractivity contribution is -0.115. The van der Waals surface area contributed by atoms with Gasteiger partial charge in [-0.2, -0.15) is 0 Å². The Bertz CT molecular complexity index is 608. The Morgan fingerprint density at radius 2 is 1.90 bits per heavy atom. The second-order valence-corrected chi connectivity index (χ2v) is 5.45. The van der Waals surface area contributed by atoms with Gasteiger partial charge in [0.2, 0.25) is 5.91 Å². The zero-order chi connectivity index (χ0) is 14.5. The number of halogens is 1. The second kappa shape index (κ2) is 6.57. The van der Waals surface area contributed by atoms with Crippen molar-refractivity contribution < 1.29 is 9.53 Å². The zero-order valence-electron chi connectivity index (χ0n) is 11.4. The number of methoxy groups -OCH3 is 1. The van der Waals surface area contributed by atoms with E-state index in [0.717, 1.165) is 27.0 Å². The van der Waals surface area contributed by atoms with Crippen LogP contribution >= 0.6 is 15.9 Å². The van der Waals surface area contributed by atoms with Gasteiger partial charge >= 0.3 is 0 Å². The molecule has 2 aromatic rings. The summed E-state index contributed by atoms with van der Waals surface area (Å²) < 4.78 is 6.19. The van der Waals surface area contributed by atoms with Crippen molar-refractivity contribution in [1.29, 1.82) is 0 Å². The van der Waals surface area contributed by atoms with Gasteiger partial charge in [-0.15, -0.1) is 0 Å². The van der Waals surface area contributed by atoms with Crippen molar-refractivity contribution in [2.45, 2.75) is 13.3 Å². The lowest BCUT2D eigenvalue weighted by Crippen LogP contribution is -2.14. The third kappa shape index (κ3) is 3.84. The molecule has 2 aromatic carbocycles. The molecule has 0 spiro atoms. The van der Waals surface area contributed by atoms with Crippen molar-refractivity contribution in [3.05, 3.63) is 58.1 Å². The smallest absolute Gasteiger partial charge is 0.228 e. The van der Waals surface area contributed by atoms with Crippen molar-refractivity contribution in [3.8, 4) is 5.75 Å². The molecule has 0 saturated heterocycles. The Morgan fingerprint density at radius 1 is 1.20 bits per heavy atom. The minimum atomic E-state index is -0.0307. The molecule has 0 atom stereocenters. The van der Waals surface area contributed by atoms with E-state index < -0.39 is 0 Å². The predicted octanol–water partition coefficient (Wildman–Crippen LogP) is 3.95. The molecule has 1 amide bonds. The van der Waals surface area contributed by atoms with Gasteiger partial charge < -0.3 is 10.1 Å². The molecule has 0 unspecified atom stereocenters. The number of rotatable bonds is 4. The average Bonchev–Trinajstić information content (AvgIpc) is 2.41. The first kappa shape index (κ1) is 14.6. The highest BCUT2D eigenvalue weighted by molar-refractivity contribution is 9.10. The number of ether oxygens (including phenoxy) is 1. The van der Waals surface area contributed by atoms with Crippen LogP contribution in [0.15, 0.2) is 46.9 Å². The fourth-order valence-corrected chi connectivity index (χ4v) is 2.24. The molecule has 2 rings (SSSR count). The van der Waals surface area contributed by atoms with Gasteiger partial charge in [-0.3, -0.25) is 4.79 Å². The van der Waals surface area contributed by atoms with Gasteiger partial charge in [0, 0.05) is 10.2 Å². The number of hydrogen-bond acceptors (Lipinski definition) is 2. The molecule has 0 aliphatic heterocycles. The van der Waals surface area contributed by atoms with E-state index in [1.165, 1.54) is 0 Å². The standard InChI is InChI=1S/C16H16BrNO2/c1-11-9-12(3-8-15(11)20-2)10-16(19)18-14-6-4-13(17)5-7-14/h3-9H,10H2,1-2H3,(H,18,19). The first-order valence-electron chi connectivity index (χ1n) is 6.27. The lowest BCUT2D eigenvalue weighted by atomic mass is 10.1. The van der Waals surface area contributed by atoms with Crippen molar-refractivity contribution >= 4 is 27.5 Å². The highest BCUT2D eigenvalue weighted by Crippen LogP contribution is 2.19. The maximum absolute atomic E-state index is 12.0. The minimum absolute atomic E-state index is 0.0307. The van der Waals surface area contributed by atoms with Gasteiger partial charge in [0.25, 0.3) is 0 Å². The number of nitrogens with one attached hydrogen (secondary N) is 1. The van der Waals surface area contributed by atoms with Gasteiger partial charge in [0.1, 0.15) is 5.75 Å². The van der Waals surface area contributed by atoms with E-state index in [-0.39, 0.29) is 5.91 Å².